The van der Waals surface area contributed by atoms with Crippen molar-refractivity contribution in [2.75, 3.05) is 20.8 Å². The van der Waals surface area contributed by atoms with Crippen molar-refractivity contribution in [1.82, 2.24) is 5.32 Å². The van der Waals surface area contributed by atoms with Crippen molar-refractivity contribution in [3.05, 3.63) is 18.2 Å². The molecule has 1 rings (SSSR count). The van der Waals surface area contributed by atoms with E-state index < -0.39 is 0 Å². The normalized spacial score (nSPS) is 9.46. The molecule has 3 heteroatoms. The van der Waals surface area contributed by atoms with E-state index in [0.29, 0.717) is 0 Å². The lowest BCUT2D eigenvalue weighted by Gasteiger charge is -2.08. The van der Waals surface area contributed by atoms with Crippen molar-refractivity contribution in [2.45, 2.75) is 6.92 Å². The summed E-state index contributed by atoms with van der Waals surface area (Å²) in [6, 6.07) is 5.57. The molecule has 0 aliphatic heterocycles. The molecule has 1 aromatic carbocycles. The standard InChI is InChI=1S/C10H14NO2/c1-4-11-9-7-8(12-2)5-6-10(9)13-3/h5-7H,4H2,1-3H3. The molecule has 0 atom stereocenters. The Balaban J connectivity index is 2.95. The first-order valence-corrected chi connectivity index (χ1v) is 4.21. The van der Waals surface area contributed by atoms with Gasteiger partial charge in [-0.3, -0.25) is 5.32 Å². The Morgan fingerprint density at radius 3 is 2.54 bits per heavy atom. The van der Waals surface area contributed by atoms with Crippen LogP contribution in [0.2, 0.25) is 0 Å². The lowest BCUT2D eigenvalue weighted by atomic mass is 10.2. The van der Waals surface area contributed by atoms with Crippen LogP contribution in [0.3, 0.4) is 0 Å². The van der Waals surface area contributed by atoms with Gasteiger partial charge in [0.1, 0.15) is 17.2 Å². The summed E-state index contributed by atoms with van der Waals surface area (Å²) in [5.41, 5.74) is 0.837. The number of ether oxygens (including phenoxy) is 2. The maximum absolute atomic E-state index is 5.15. The Morgan fingerprint density at radius 1 is 1.23 bits per heavy atom. The van der Waals surface area contributed by atoms with E-state index in [1.165, 1.54) is 0 Å². The van der Waals surface area contributed by atoms with Crippen LogP contribution in [0.15, 0.2) is 18.2 Å². The number of hydrogen-bond donors (Lipinski definition) is 0. The number of nitrogens with zero attached hydrogens (tertiary/aromatic N) is 1. The predicted molar refractivity (Wildman–Crippen MR) is 51.9 cm³/mol. The molecule has 0 aromatic heterocycles. The summed E-state index contributed by atoms with van der Waals surface area (Å²) in [7, 11) is 3.27. The van der Waals surface area contributed by atoms with E-state index in [0.717, 1.165) is 23.7 Å². The van der Waals surface area contributed by atoms with Crippen LogP contribution < -0.4 is 14.8 Å². The van der Waals surface area contributed by atoms with Gasteiger partial charge in [-0.15, -0.1) is 0 Å². The van der Waals surface area contributed by atoms with Crippen molar-refractivity contribution in [3.63, 3.8) is 0 Å². The third-order valence-electron chi connectivity index (χ3n) is 1.71. The number of methoxy groups -OCH3 is 2. The Kier molecular flexibility index (Phi) is 3.43. The summed E-state index contributed by atoms with van der Waals surface area (Å²) in [5.74, 6) is 1.58. The minimum Gasteiger partial charge on any atom is -0.497 e. The number of rotatable bonds is 4. The zero-order valence-electron chi connectivity index (χ0n) is 8.20. The molecular weight excluding hydrogens is 166 g/mol. The van der Waals surface area contributed by atoms with Crippen LogP contribution >= 0.6 is 0 Å². The fraction of sp³-hybridized carbons (Fsp3) is 0.400. The van der Waals surface area contributed by atoms with E-state index in [1.807, 2.05) is 25.1 Å². The van der Waals surface area contributed by atoms with Crippen LogP contribution in [-0.2, 0) is 0 Å². The van der Waals surface area contributed by atoms with Gasteiger partial charge in [-0.05, 0) is 19.1 Å². The molecule has 3 nitrogen and oxygen atoms in total. The lowest BCUT2D eigenvalue weighted by molar-refractivity contribution is 0.402. The van der Waals surface area contributed by atoms with Gasteiger partial charge in [0.25, 0.3) is 0 Å². The molecular formula is C10H14NO2. The van der Waals surface area contributed by atoms with Crippen molar-refractivity contribution in [1.29, 1.82) is 0 Å². The van der Waals surface area contributed by atoms with Gasteiger partial charge >= 0.3 is 0 Å². The molecule has 0 aliphatic carbocycles. The summed E-state index contributed by atoms with van der Waals surface area (Å²) in [4.78, 5) is 0. The summed E-state index contributed by atoms with van der Waals surface area (Å²) in [5, 5.41) is 4.28. The summed E-state index contributed by atoms with van der Waals surface area (Å²) in [6.45, 7) is 2.72. The quantitative estimate of drug-likeness (QED) is 0.709. The van der Waals surface area contributed by atoms with E-state index in [9.17, 15) is 0 Å². The van der Waals surface area contributed by atoms with Crippen molar-refractivity contribution in [2.24, 2.45) is 0 Å². The maximum atomic E-state index is 5.15. The van der Waals surface area contributed by atoms with E-state index in [2.05, 4.69) is 5.32 Å². The SMILES string of the molecule is CC[N]c1cc(OC)ccc1OC. The molecule has 0 saturated heterocycles. The van der Waals surface area contributed by atoms with Crippen LogP contribution in [0.4, 0.5) is 5.69 Å². The van der Waals surface area contributed by atoms with Gasteiger partial charge in [0.05, 0.1) is 14.2 Å². The molecule has 1 radical (unpaired) electrons. The highest BCUT2D eigenvalue weighted by Crippen LogP contribution is 2.28. The molecule has 0 aliphatic rings. The average Bonchev–Trinajstić information content (AvgIpc) is 2.18. The second kappa shape index (κ2) is 4.60. The molecule has 71 valence electrons. The Bertz CT molecular complexity index is 274. The summed E-state index contributed by atoms with van der Waals surface area (Å²) >= 11 is 0. The van der Waals surface area contributed by atoms with Crippen molar-refractivity contribution in [3.8, 4) is 11.5 Å². The number of hydrogen-bond acceptors (Lipinski definition) is 2. The molecule has 0 saturated carbocycles. The van der Waals surface area contributed by atoms with Gasteiger partial charge in [0.2, 0.25) is 0 Å². The molecule has 0 N–H and O–H groups in total. The first-order chi connectivity index (χ1) is 6.31. The Labute approximate surface area is 78.7 Å². The van der Waals surface area contributed by atoms with E-state index in [1.54, 1.807) is 14.2 Å². The van der Waals surface area contributed by atoms with Gasteiger partial charge in [0, 0.05) is 12.6 Å². The van der Waals surface area contributed by atoms with Crippen LogP contribution in [0.1, 0.15) is 6.92 Å². The smallest absolute Gasteiger partial charge is 0.144 e. The molecule has 1 aromatic rings. The zero-order chi connectivity index (χ0) is 9.68. The maximum Gasteiger partial charge on any atom is 0.144 e. The molecule has 0 fully saturated rings. The Hall–Kier alpha value is -1.38. The van der Waals surface area contributed by atoms with Crippen LogP contribution in [0.25, 0.3) is 0 Å². The van der Waals surface area contributed by atoms with E-state index in [-0.39, 0.29) is 0 Å². The van der Waals surface area contributed by atoms with Gasteiger partial charge in [-0.25, -0.2) is 0 Å². The fourth-order valence-electron chi connectivity index (χ4n) is 1.09. The fourth-order valence-corrected chi connectivity index (χ4v) is 1.09. The van der Waals surface area contributed by atoms with Crippen molar-refractivity contribution < 1.29 is 9.47 Å². The van der Waals surface area contributed by atoms with Crippen LogP contribution in [0, 0.1) is 0 Å². The molecule has 0 amide bonds. The highest BCUT2D eigenvalue weighted by molar-refractivity contribution is 5.54. The highest BCUT2D eigenvalue weighted by Gasteiger charge is 2.03. The second-order valence-corrected chi connectivity index (χ2v) is 2.51. The third-order valence-corrected chi connectivity index (χ3v) is 1.71. The average molecular weight is 180 g/mol. The number of benzene rings is 1. The third kappa shape index (κ3) is 2.28. The predicted octanol–water partition coefficient (Wildman–Crippen LogP) is 1.96. The van der Waals surface area contributed by atoms with Gasteiger partial charge in [0.15, 0.2) is 0 Å². The van der Waals surface area contributed by atoms with Gasteiger partial charge in [-0.1, -0.05) is 0 Å². The highest BCUT2D eigenvalue weighted by atomic mass is 16.5. The van der Waals surface area contributed by atoms with Crippen molar-refractivity contribution >= 4 is 5.69 Å². The van der Waals surface area contributed by atoms with Crippen LogP contribution in [0.5, 0.6) is 11.5 Å². The molecule has 0 spiro atoms. The van der Waals surface area contributed by atoms with Gasteiger partial charge < -0.3 is 9.47 Å². The molecule has 0 bridgehead atoms. The minimum absolute atomic E-state index is 0.740. The first-order valence-electron chi connectivity index (χ1n) is 4.21. The first kappa shape index (κ1) is 9.71. The molecule has 13 heavy (non-hydrogen) atoms. The molecule has 0 heterocycles. The van der Waals surface area contributed by atoms with E-state index >= 15 is 0 Å². The minimum atomic E-state index is 0.740. The topological polar surface area (TPSA) is 32.6 Å². The van der Waals surface area contributed by atoms with E-state index in [4.69, 9.17) is 9.47 Å². The largest absolute Gasteiger partial charge is 0.497 e. The Morgan fingerprint density at radius 2 is 2.00 bits per heavy atom. The van der Waals surface area contributed by atoms with Gasteiger partial charge in [-0.2, -0.15) is 0 Å². The summed E-state index contributed by atoms with van der Waals surface area (Å²) in [6.07, 6.45) is 0. The summed E-state index contributed by atoms with van der Waals surface area (Å²) < 4.78 is 10.2. The zero-order valence-corrected chi connectivity index (χ0v) is 8.20. The monoisotopic (exact) mass is 180 g/mol. The lowest BCUT2D eigenvalue weighted by Crippen LogP contribution is -1.98. The van der Waals surface area contributed by atoms with Crippen LogP contribution in [-0.4, -0.2) is 20.8 Å². The molecule has 0 unspecified atom stereocenters. The second-order valence-electron chi connectivity index (χ2n) is 2.51.